The van der Waals surface area contributed by atoms with Gasteiger partial charge in [0.05, 0.1) is 0 Å². The molecular weight excluding hydrogens is 96.1 g/mol. The van der Waals surface area contributed by atoms with E-state index in [1.807, 2.05) is 0 Å². The molecule has 0 bridgehead atoms. The molecule has 0 heterocycles. The molecule has 1 aliphatic carbocycles. The van der Waals surface area contributed by atoms with Crippen LogP contribution < -0.4 is 0 Å². The standard InChI is InChI=1S/C8H14/c1-7(2)5-6-8(7,3)4/h5H2,1-4H3. The number of rotatable bonds is 0. The number of hydrogen-bond donors (Lipinski definition) is 0. The van der Waals surface area contributed by atoms with Crippen molar-refractivity contribution in [2.75, 3.05) is 0 Å². The fourth-order valence-corrected chi connectivity index (χ4v) is 0.795. The molecule has 0 atom stereocenters. The first-order valence-electron chi connectivity index (χ1n) is 3.21. The summed E-state index contributed by atoms with van der Waals surface area (Å²) in [7, 11) is 0. The second-order valence-corrected chi connectivity index (χ2v) is 3.86. The third kappa shape index (κ3) is 0.586. The fraction of sp³-hybridized carbons (Fsp3) is 0.875. The average molecular weight is 110 g/mol. The van der Waals surface area contributed by atoms with Crippen molar-refractivity contribution in [3.63, 3.8) is 0 Å². The predicted molar refractivity (Wildman–Crippen MR) is 35.4 cm³/mol. The van der Waals surface area contributed by atoms with Crippen LogP contribution in [0.15, 0.2) is 0 Å². The molecule has 0 nitrogen and oxygen atoms in total. The van der Waals surface area contributed by atoms with Crippen LogP contribution in [0.3, 0.4) is 0 Å². The zero-order valence-corrected chi connectivity index (χ0v) is 6.21. The minimum atomic E-state index is 0.368. The normalized spacial score (nSPS) is 31.5. The maximum absolute atomic E-state index is 3.38. The van der Waals surface area contributed by atoms with Gasteiger partial charge in [0.1, 0.15) is 0 Å². The van der Waals surface area contributed by atoms with Crippen LogP contribution in [0.5, 0.6) is 0 Å². The lowest BCUT2D eigenvalue weighted by molar-refractivity contribution is 0.0556. The fourth-order valence-electron chi connectivity index (χ4n) is 0.795. The maximum Gasteiger partial charge on any atom is -0.0100 e. The van der Waals surface area contributed by atoms with Gasteiger partial charge in [-0.1, -0.05) is 27.7 Å². The summed E-state index contributed by atoms with van der Waals surface area (Å²) < 4.78 is 0. The lowest BCUT2D eigenvalue weighted by atomic mass is 9.53. The first-order chi connectivity index (χ1) is 3.46. The van der Waals surface area contributed by atoms with Crippen molar-refractivity contribution in [1.82, 2.24) is 0 Å². The molecule has 1 fully saturated rings. The second kappa shape index (κ2) is 1.29. The van der Waals surface area contributed by atoms with Crippen LogP contribution in [0.4, 0.5) is 0 Å². The molecule has 1 aliphatic rings. The van der Waals surface area contributed by atoms with Gasteiger partial charge in [-0.2, -0.15) is 0 Å². The smallest absolute Gasteiger partial charge is 0.0100 e. The van der Waals surface area contributed by atoms with Crippen LogP contribution in [0.2, 0.25) is 0 Å². The van der Waals surface area contributed by atoms with Crippen LogP contribution in [-0.4, -0.2) is 0 Å². The Morgan fingerprint density at radius 2 is 1.50 bits per heavy atom. The topological polar surface area (TPSA) is 0 Å². The largest absolute Gasteiger partial charge is 0.0594 e. The van der Waals surface area contributed by atoms with Crippen molar-refractivity contribution < 1.29 is 0 Å². The second-order valence-electron chi connectivity index (χ2n) is 3.86. The molecule has 0 amide bonds. The molecule has 0 heteroatoms. The van der Waals surface area contributed by atoms with E-state index in [-0.39, 0.29) is 0 Å². The van der Waals surface area contributed by atoms with Crippen LogP contribution in [0.1, 0.15) is 34.1 Å². The molecule has 8 heavy (non-hydrogen) atoms. The number of hydrogen-bond acceptors (Lipinski definition) is 0. The van der Waals surface area contributed by atoms with E-state index in [0.717, 1.165) is 0 Å². The van der Waals surface area contributed by atoms with E-state index in [4.69, 9.17) is 0 Å². The molecule has 1 saturated carbocycles. The Morgan fingerprint density at radius 1 is 1.12 bits per heavy atom. The van der Waals surface area contributed by atoms with Crippen molar-refractivity contribution in [2.45, 2.75) is 34.1 Å². The zero-order valence-electron chi connectivity index (χ0n) is 6.21. The van der Waals surface area contributed by atoms with Crippen LogP contribution in [0.25, 0.3) is 0 Å². The zero-order chi connectivity index (χ0) is 6.41. The SMILES string of the molecule is CC1(C)[C]CC1(C)C. The van der Waals surface area contributed by atoms with Crippen molar-refractivity contribution in [3.05, 3.63) is 6.42 Å². The highest BCUT2D eigenvalue weighted by Gasteiger charge is 2.45. The molecule has 0 aromatic carbocycles. The molecule has 0 N–H and O–H groups in total. The van der Waals surface area contributed by atoms with E-state index >= 15 is 0 Å². The van der Waals surface area contributed by atoms with Crippen molar-refractivity contribution in [3.8, 4) is 0 Å². The summed E-state index contributed by atoms with van der Waals surface area (Å²) in [5.74, 6) is 0. The van der Waals surface area contributed by atoms with Gasteiger partial charge in [0, 0.05) is 0 Å². The third-order valence-electron chi connectivity index (χ3n) is 2.66. The molecule has 2 radical (unpaired) electrons. The Bertz CT molecular complexity index is 84.6. The Labute approximate surface area is 52.3 Å². The highest BCUT2D eigenvalue weighted by molar-refractivity contribution is 5.08. The Morgan fingerprint density at radius 3 is 1.50 bits per heavy atom. The summed E-state index contributed by atoms with van der Waals surface area (Å²) in [6, 6.07) is 0. The van der Waals surface area contributed by atoms with Crippen LogP contribution >= 0.6 is 0 Å². The lowest BCUT2D eigenvalue weighted by Gasteiger charge is -2.51. The monoisotopic (exact) mass is 110 g/mol. The Balaban J connectivity index is 2.63. The van der Waals surface area contributed by atoms with Crippen LogP contribution in [0, 0.1) is 17.3 Å². The third-order valence-corrected chi connectivity index (χ3v) is 2.66. The van der Waals surface area contributed by atoms with Gasteiger partial charge >= 0.3 is 0 Å². The summed E-state index contributed by atoms with van der Waals surface area (Å²) in [4.78, 5) is 0. The average Bonchev–Trinajstić information content (AvgIpc) is 1.64. The summed E-state index contributed by atoms with van der Waals surface area (Å²) in [6.45, 7) is 9.08. The van der Waals surface area contributed by atoms with E-state index in [9.17, 15) is 0 Å². The molecule has 0 aromatic rings. The molecule has 0 unspecified atom stereocenters. The highest BCUT2D eigenvalue weighted by Crippen LogP contribution is 2.54. The quantitative estimate of drug-likeness (QED) is 0.449. The van der Waals surface area contributed by atoms with Gasteiger partial charge in [-0.3, -0.25) is 0 Å². The van der Waals surface area contributed by atoms with Gasteiger partial charge in [-0.05, 0) is 23.7 Å². The molecule has 46 valence electrons. The molecular formula is C8H14. The van der Waals surface area contributed by atoms with Crippen molar-refractivity contribution in [2.24, 2.45) is 10.8 Å². The van der Waals surface area contributed by atoms with E-state index in [1.54, 1.807) is 0 Å². The van der Waals surface area contributed by atoms with Gasteiger partial charge in [0.25, 0.3) is 0 Å². The van der Waals surface area contributed by atoms with Gasteiger partial charge in [0.15, 0.2) is 0 Å². The first kappa shape index (κ1) is 6.12. The van der Waals surface area contributed by atoms with E-state index in [0.29, 0.717) is 10.8 Å². The van der Waals surface area contributed by atoms with Gasteiger partial charge in [-0.25, -0.2) is 0 Å². The molecule has 0 aliphatic heterocycles. The Kier molecular flexibility index (Phi) is 0.984. The first-order valence-corrected chi connectivity index (χ1v) is 3.21. The minimum Gasteiger partial charge on any atom is -0.0594 e. The summed E-state index contributed by atoms with van der Waals surface area (Å²) in [5, 5.41) is 0. The molecule has 0 aromatic heterocycles. The highest BCUT2D eigenvalue weighted by atomic mass is 14.5. The summed E-state index contributed by atoms with van der Waals surface area (Å²) in [6.07, 6.45) is 4.54. The van der Waals surface area contributed by atoms with Gasteiger partial charge in [-0.15, -0.1) is 0 Å². The lowest BCUT2D eigenvalue weighted by Crippen LogP contribution is -2.43. The minimum absolute atomic E-state index is 0.368. The van der Waals surface area contributed by atoms with Crippen molar-refractivity contribution >= 4 is 0 Å². The van der Waals surface area contributed by atoms with Gasteiger partial charge < -0.3 is 0 Å². The molecule has 1 rings (SSSR count). The van der Waals surface area contributed by atoms with Gasteiger partial charge in [0.2, 0.25) is 0 Å². The van der Waals surface area contributed by atoms with Crippen molar-refractivity contribution in [1.29, 1.82) is 0 Å². The molecule has 0 saturated heterocycles. The predicted octanol–water partition coefficient (Wildman–Crippen LogP) is 2.52. The van der Waals surface area contributed by atoms with E-state index in [1.165, 1.54) is 6.42 Å². The maximum atomic E-state index is 3.38. The molecule has 0 spiro atoms. The van der Waals surface area contributed by atoms with E-state index in [2.05, 4.69) is 34.1 Å². The Hall–Kier alpha value is 0. The summed E-state index contributed by atoms with van der Waals surface area (Å²) in [5.41, 5.74) is 0.875. The summed E-state index contributed by atoms with van der Waals surface area (Å²) >= 11 is 0. The van der Waals surface area contributed by atoms with E-state index < -0.39 is 0 Å². The van der Waals surface area contributed by atoms with Crippen LogP contribution in [-0.2, 0) is 0 Å².